The summed E-state index contributed by atoms with van der Waals surface area (Å²) >= 11 is 0. The molecule has 0 aliphatic carbocycles. The Labute approximate surface area is 109 Å². The van der Waals surface area contributed by atoms with Crippen molar-refractivity contribution in [1.82, 2.24) is 0 Å². The molecule has 2 N–H and O–H groups in total. The van der Waals surface area contributed by atoms with Crippen molar-refractivity contribution in [3.05, 3.63) is 59.7 Å². The fourth-order valence-corrected chi connectivity index (χ4v) is 1.66. The van der Waals surface area contributed by atoms with E-state index in [9.17, 15) is 5.11 Å². The topological polar surface area (TPSA) is 40.5 Å². The van der Waals surface area contributed by atoms with Crippen molar-refractivity contribution >= 4 is 0 Å². The second-order valence-electron chi connectivity index (χ2n) is 3.84. The third-order valence-electron chi connectivity index (χ3n) is 2.55. The summed E-state index contributed by atoms with van der Waals surface area (Å²) < 4.78 is 0. The zero-order valence-electron chi connectivity index (χ0n) is 10.9. The van der Waals surface area contributed by atoms with Crippen molar-refractivity contribution in [2.45, 2.75) is 26.7 Å². The third-order valence-corrected chi connectivity index (χ3v) is 2.55. The van der Waals surface area contributed by atoms with Crippen molar-refractivity contribution in [2.24, 2.45) is 0 Å². The average Bonchev–Trinajstić information content (AvgIpc) is 2.41. The quantitative estimate of drug-likeness (QED) is 0.859. The minimum atomic E-state index is 0.293. The minimum Gasteiger partial charge on any atom is -0.508 e. The van der Waals surface area contributed by atoms with Gasteiger partial charge in [0.25, 0.3) is 0 Å². The van der Waals surface area contributed by atoms with E-state index in [1.807, 2.05) is 38.1 Å². The summed E-state index contributed by atoms with van der Waals surface area (Å²) in [5.74, 6) is 0.601. The molecule has 0 spiro atoms. The first-order valence-electron chi connectivity index (χ1n) is 6.30. The SMILES string of the molecule is CC.Oc1ccc(CCc2cccc(O)c2)cc1. The summed E-state index contributed by atoms with van der Waals surface area (Å²) in [6, 6.07) is 14.5. The van der Waals surface area contributed by atoms with Crippen LogP contribution < -0.4 is 0 Å². The highest BCUT2D eigenvalue weighted by Crippen LogP contribution is 2.15. The lowest BCUT2D eigenvalue weighted by molar-refractivity contribution is 0.474. The fraction of sp³-hybridized carbons (Fsp3) is 0.250. The molecular formula is C16H20O2. The van der Waals surface area contributed by atoms with Crippen molar-refractivity contribution in [3.8, 4) is 11.5 Å². The summed E-state index contributed by atoms with van der Waals surface area (Å²) in [5, 5.41) is 18.5. The van der Waals surface area contributed by atoms with E-state index < -0.39 is 0 Å². The Bertz CT molecular complexity index is 461. The highest BCUT2D eigenvalue weighted by molar-refractivity contribution is 5.29. The van der Waals surface area contributed by atoms with Gasteiger partial charge in [-0.3, -0.25) is 0 Å². The smallest absolute Gasteiger partial charge is 0.115 e. The van der Waals surface area contributed by atoms with Crippen molar-refractivity contribution in [3.63, 3.8) is 0 Å². The van der Waals surface area contributed by atoms with E-state index in [-0.39, 0.29) is 0 Å². The largest absolute Gasteiger partial charge is 0.508 e. The van der Waals surface area contributed by atoms with E-state index in [1.54, 1.807) is 24.3 Å². The number of phenolic OH excluding ortho intramolecular Hbond substituents is 2. The molecule has 2 aromatic carbocycles. The lowest BCUT2D eigenvalue weighted by Gasteiger charge is -2.03. The van der Waals surface area contributed by atoms with Crippen LogP contribution in [-0.2, 0) is 12.8 Å². The molecule has 0 aliphatic rings. The molecule has 2 heteroatoms. The Morgan fingerprint density at radius 3 is 1.94 bits per heavy atom. The first-order chi connectivity index (χ1) is 8.74. The second kappa shape index (κ2) is 7.38. The first kappa shape index (κ1) is 14.1. The first-order valence-corrected chi connectivity index (χ1v) is 6.30. The monoisotopic (exact) mass is 244 g/mol. The summed E-state index contributed by atoms with van der Waals surface area (Å²) in [5.41, 5.74) is 2.30. The van der Waals surface area contributed by atoms with Gasteiger partial charge in [0, 0.05) is 0 Å². The van der Waals surface area contributed by atoms with E-state index in [0.717, 1.165) is 18.4 Å². The Hall–Kier alpha value is -1.96. The van der Waals surface area contributed by atoms with Crippen LogP contribution in [0.15, 0.2) is 48.5 Å². The number of hydrogen-bond acceptors (Lipinski definition) is 2. The number of aryl methyl sites for hydroxylation is 2. The van der Waals surface area contributed by atoms with Gasteiger partial charge >= 0.3 is 0 Å². The van der Waals surface area contributed by atoms with Gasteiger partial charge in [-0.2, -0.15) is 0 Å². The molecule has 0 fully saturated rings. The maximum absolute atomic E-state index is 9.31. The molecule has 96 valence electrons. The van der Waals surface area contributed by atoms with Crippen LogP contribution in [0.3, 0.4) is 0 Å². The van der Waals surface area contributed by atoms with Gasteiger partial charge in [0.1, 0.15) is 11.5 Å². The number of aromatic hydroxyl groups is 2. The Morgan fingerprint density at radius 1 is 0.722 bits per heavy atom. The molecule has 2 nitrogen and oxygen atoms in total. The van der Waals surface area contributed by atoms with E-state index >= 15 is 0 Å². The molecular weight excluding hydrogens is 224 g/mol. The van der Waals surface area contributed by atoms with Crippen LogP contribution in [0.1, 0.15) is 25.0 Å². The lowest BCUT2D eigenvalue weighted by Crippen LogP contribution is -1.90. The number of rotatable bonds is 3. The number of hydrogen-bond donors (Lipinski definition) is 2. The predicted molar refractivity (Wildman–Crippen MR) is 75.0 cm³/mol. The lowest BCUT2D eigenvalue weighted by atomic mass is 10.0. The van der Waals surface area contributed by atoms with Crippen LogP contribution in [-0.4, -0.2) is 10.2 Å². The molecule has 0 heterocycles. The highest BCUT2D eigenvalue weighted by atomic mass is 16.3. The average molecular weight is 244 g/mol. The zero-order valence-corrected chi connectivity index (χ0v) is 10.9. The van der Waals surface area contributed by atoms with E-state index in [2.05, 4.69) is 0 Å². The predicted octanol–water partition coefficient (Wildman–Crippen LogP) is 3.91. The van der Waals surface area contributed by atoms with Crippen LogP contribution >= 0.6 is 0 Å². The summed E-state index contributed by atoms with van der Waals surface area (Å²) in [4.78, 5) is 0. The van der Waals surface area contributed by atoms with Gasteiger partial charge in [-0.05, 0) is 48.2 Å². The van der Waals surface area contributed by atoms with Crippen LogP contribution in [0.5, 0.6) is 11.5 Å². The van der Waals surface area contributed by atoms with E-state index in [4.69, 9.17) is 5.11 Å². The Kier molecular flexibility index (Phi) is 5.78. The van der Waals surface area contributed by atoms with Crippen molar-refractivity contribution in [1.29, 1.82) is 0 Å². The molecule has 0 radical (unpaired) electrons. The van der Waals surface area contributed by atoms with Gasteiger partial charge in [-0.1, -0.05) is 38.1 Å². The van der Waals surface area contributed by atoms with Gasteiger partial charge in [0.05, 0.1) is 0 Å². The molecule has 0 amide bonds. The molecule has 0 saturated carbocycles. The second-order valence-corrected chi connectivity index (χ2v) is 3.84. The molecule has 2 rings (SSSR count). The normalized spacial score (nSPS) is 9.44. The maximum Gasteiger partial charge on any atom is 0.115 e. The minimum absolute atomic E-state index is 0.293. The van der Waals surface area contributed by atoms with Crippen molar-refractivity contribution < 1.29 is 10.2 Å². The third kappa shape index (κ3) is 4.50. The zero-order chi connectivity index (χ0) is 13.4. The molecule has 0 aromatic heterocycles. The molecule has 2 aromatic rings. The summed E-state index contributed by atoms with van der Waals surface area (Å²) in [7, 11) is 0. The highest BCUT2D eigenvalue weighted by Gasteiger charge is 1.97. The molecule has 0 unspecified atom stereocenters. The van der Waals surface area contributed by atoms with Gasteiger partial charge in [0.15, 0.2) is 0 Å². The van der Waals surface area contributed by atoms with Gasteiger partial charge in [-0.15, -0.1) is 0 Å². The van der Waals surface area contributed by atoms with Crippen LogP contribution in [0, 0.1) is 0 Å². The van der Waals surface area contributed by atoms with Gasteiger partial charge < -0.3 is 10.2 Å². The van der Waals surface area contributed by atoms with Crippen LogP contribution in [0.4, 0.5) is 0 Å². The molecule has 0 aliphatic heterocycles. The standard InChI is InChI=1S/C14H14O2.C2H6/c15-13-8-6-11(7-9-13)4-5-12-2-1-3-14(16)10-12;1-2/h1-3,6-10,15-16H,4-5H2;1-2H3. The molecule has 0 atom stereocenters. The van der Waals surface area contributed by atoms with Crippen LogP contribution in [0.2, 0.25) is 0 Å². The Balaban J connectivity index is 0.000000771. The maximum atomic E-state index is 9.31. The van der Waals surface area contributed by atoms with Crippen molar-refractivity contribution in [2.75, 3.05) is 0 Å². The fourth-order valence-electron chi connectivity index (χ4n) is 1.66. The molecule has 0 saturated heterocycles. The molecule has 0 bridgehead atoms. The number of phenols is 2. The summed E-state index contributed by atoms with van der Waals surface area (Å²) in [6.45, 7) is 4.00. The van der Waals surface area contributed by atoms with E-state index in [1.165, 1.54) is 5.56 Å². The summed E-state index contributed by atoms with van der Waals surface area (Å²) in [6.07, 6.45) is 1.79. The Morgan fingerprint density at radius 2 is 1.33 bits per heavy atom. The van der Waals surface area contributed by atoms with E-state index in [0.29, 0.717) is 11.5 Å². The molecule has 18 heavy (non-hydrogen) atoms. The van der Waals surface area contributed by atoms with Gasteiger partial charge in [-0.25, -0.2) is 0 Å². The number of benzene rings is 2. The van der Waals surface area contributed by atoms with Crippen LogP contribution in [0.25, 0.3) is 0 Å². The van der Waals surface area contributed by atoms with Gasteiger partial charge in [0.2, 0.25) is 0 Å².